The average molecular weight is 501 g/mol. The first kappa shape index (κ1) is 23.6. The zero-order chi connectivity index (χ0) is 25.7. The second-order valence-corrected chi connectivity index (χ2v) is 10.5. The van der Waals surface area contributed by atoms with Gasteiger partial charge in [-0.25, -0.2) is 9.78 Å². The van der Waals surface area contributed by atoms with E-state index in [4.69, 9.17) is 9.72 Å². The maximum Gasteiger partial charge on any atom is 0.414 e. The molecule has 37 heavy (non-hydrogen) atoms. The Kier molecular flexibility index (Phi) is 5.89. The molecule has 1 aliphatic carbocycles. The van der Waals surface area contributed by atoms with Crippen LogP contribution in [0, 0.1) is 5.92 Å². The molecule has 2 N–H and O–H groups in total. The summed E-state index contributed by atoms with van der Waals surface area (Å²) in [5, 5.41) is 10.7. The average Bonchev–Trinajstić information content (AvgIpc) is 3.52. The van der Waals surface area contributed by atoms with Gasteiger partial charge < -0.3 is 19.4 Å². The molecular weight excluding hydrogens is 468 g/mol. The summed E-state index contributed by atoms with van der Waals surface area (Å²) >= 11 is 0. The van der Waals surface area contributed by atoms with Crippen molar-refractivity contribution >= 4 is 39.7 Å². The smallest absolute Gasteiger partial charge is 0.414 e. The van der Waals surface area contributed by atoms with E-state index >= 15 is 0 Å². The lowest BCUT2D eigenvalue weighted by atomic mass is 9.85. The minimum absolute atomic E-state index is 0.0540. The molecule has 8 heteroatoms. The van der Waals surface area contributed by atoms with E-state index in [1.807, 2.05) is 19.2 Å². The number of ether oxygens (including phenoxy) is 1. The van der Waals surface area contributed by atoms with Crippen LogP contribution in [0.3, 0.4) is 0 Å². The lowest BCUT2D eigenvalue weighted by Gasteiger charge is -2.34. The van der Waals surface area contributed by atoms with Gasteiger partial charge in [0.05, 0.1) is 29.7 Å². The number of rotatable bonds is 4. The lowest BCUT2D eigenvalue weighted by Crippen LogP contribution is -2.42. The summed E-state index contributed by atoms with van der Waals surface area (Å²) in [5.41, 5.74) is 6.25. The van der Waals surface area contributed by atoms with Crippen LogP contribution in [0.15, 0.2) is 42.6 Å². The highest BCUT2D eigenvalue weighted by molar-refractivity contribution is 5.95. The quantitative estimate of drug-likeness (QED) is 0.367. The van der Waals surface area contributed by atoms with Crippen LogP contribution < -0.4 is 4.90 Å². The van der Waals surface area contributed by atoms with Crippen LogP contribution in [0.2, 0.25) is 0 Å². The molecule has 2 aromatic heterocycles. The van der Waals surface area contributed by atoms with Gasteiger partial charge in [0.25, 0.3) is 0 Å². The van der Waals surface area contributed by atoms with E-state index in [2.05, 4.69) is 39.9 Å². The highest BCUT2D eigenvalue weighted by atomic mass is 16.5. The van der Waals surface area contributed by atoms with Crippen LogP contribution in [0.1, 0.15) is 62.0 Å². The molecule has 1 unspecified atom stereocenters. The number of aromatic amines is 1. The second-order valence-electron chi connectivity index (χ2n) is 10.5. The van der Waals surface area contributed by atoms with Crippen LogP contribution in [0.4, 0.5) is 10.5 Å². The molecule has 2 aliphatic rings. The number of fused-ring (bicyclic) bond motifs is 4. The number of imidazole rings is 1. The van der Waals surface area contributed by atoms with Gasteiger partial charge in [-0.05, 0) is 86.7 Å². The van der Waals surface area contributed by atoms with Crippen molar-refractivity contribution in [2.24, 2.45) is 5.92 Å². The third kappa shape index (κ3) is 4.04. The molecule has 1 aliphatic heterocycles. The van der Waals surface area contributed by atoms with E-state index in [-0.39, 0.29) is 24.1 Å². The van der Waals surface area contributed by atoms with Crippen LogP contribution >= 0.6 is 0 Å². The molecule has 2 aromatic carbocycles. The fourth-order valence-corrected chi connectivity index (χ4v) is 6.33. The van der Waals surface area contributed by atoms with Crippen LogP contribution in [0.5, 0.6) is 0 Å². The maximum atomic E-state index is 12.6. The van der Waals surface area contributed by atoms with E-state index < -0.39 is 5.97 Å². The predicted molar refractivity (Wildman–Crippen MR) is 142 cm³/mol. The van der Waals surface area contributed by atoms with Gasteiger partial charge in [-0.1, -0.05) is 6.07 Å². The molecule has 8 nitrogen and oxygen atoms in total. The first-order valence-corrected chi connectivity index (χ1v) is 13.1. The Morgan fingerprint density at radius 1 is 1.11 bits per heavy atom. The molecule has 0 bridgehead atoms. The number of methoxy groups -OCH3 is 1. The van der Waals surface area contributed by atoms with Crippen molar-refractivity contribution in [3.8, 4) is 0 Å². The topological polar surface area (TPSA) is 100 Å². The van der Waals surface area contributed by atoms with E-state index in [0.717, 1.165) is 59.3 Å². The number of nitrogens with zero attached hydrogens (tertiary/aromatic N) is 3. The summed E-state index contributed by atoms with van der Waals surface area (Å²) in [6.45, 7) is 2.05. The normalized spacial score (nSPS) is 21.8. The van der Waals surface area contributed by atoms with E-state index in [0.29, 0.717) is 19.3 Å². The van der Waals surface area contributed by atoms with Crippen molar-refractivity contribution in [3.05, 3.63) is 59.5 Å². The van der Waals surface area contributed by atoms with Gasteiger partial charge in [0.15, 0.2) is 0 Å². The number of hydrogen-bond donors (Lipinski definition) is 2. The SMILES string of the molecule is COC(=O)N1c2ccc3c(nc(Cc4ccc5[nH]ccc5c4)n3C3CCC(C(=O)O)CC3)c2CCC1C. The molecule has 6 rings (SSSR count). The Morgan fingerprint density at radius 3 is 2.68 bits per heavy atom. The Hall–Kier alpha value is -3.81. The van der Waals surface area contributed by atoms with Crippen molar-refractivity contribution in [1.82, 2.24) is 14.5 Å². The monoisotopic (exact) mass is 500 g/mol. The molecule has 0 radical (unpaired) electrons. The van der Waals surface area contributed by atoms with Crippen molar-refractivity contribution < 1.29 is 19.4 Å². The number of aliphatic carboxylic acids is 1. The largest absolute Gasteiger partial charge is 0.481 e. The summed E-state index contributed by atoms with van der Waals surface area (Å²) in [7, 11) is 1.42. The molecule has 4 aromatic rings. The Balaban J connectivity index is 1.46. The number of H-pyrrole nitrogens is 1. The number of aryl methyl sites for hydroxylation is 1. The van der Waals surface area contributed by atoms with Gasteiger partial charge in [-0.2, -0.15) is 0 Å². The van der Waals surface area contributed by atoms with Crippen molar-refractivity contribution in [2.45, 2.75) is 64.0 Å². The molecule has 1 atom stereocenters. The van der Waals surface area contributed by atoms with E-state index in [1.165, 1.54) is 18.1 Å². The zero-order valence-corrected chi connectivity index (χ0v) is 21.2. The number of carbonyl (C=O) groups is 2. The number of anilines is 1. The summed E-state index contributed by atoms with van der Waals surface area (Å²) < 4.78 is 7.46. The van der Waals surface area contributed by atoms with Gasteiger partial charge in [0.1, 0.15) is 5.82 Å². The standard InChI is InChI=1S/C29H32N4O4/c1-17-3-9-22-24(32(17)29(36)37-2)11-12-25-27(22)31-26(16-18-4-10-23-20(15-18)13-14-30-23)33(25)21-7-5-19(6-8-21)28(34)35/h4,10-15,17,19,21,30H,3,5-9,16H2,1-2H3,(H,34,35). The fraction of sp³-hybridized carbons (Fsp3) is 0.414. The summed E-state index contributed by atoms with van der Waals surface area (Å²) in [5.74, 6) is 0.0219. The third-order valence-electron chi connectivity index (χ3n) is 8.29. The molecule has 192 valence electrons. The number of carboxylic acid groups (broad SMARTS) is 1. The molecule has 1 saturated carbocycles. The van der Waals surface area contributed by atoms with Crippen molar-refractivity contribution in [3.63, 3.8) is 0 Å². The van der Waals surface area contributed by atoms with Crippen molar-refractivity contribution in [2.75, 3.05) is 12.0 Å². The highest BCUT2D eigenvalue weighted by Gasteiger charge is 2.33. The molecule has 0 saturated heterocycles. The maximum absolute atomic E-state index is 12.6. The molecule has 3 heterocycles. The first-order valence-electron chi connectivity index (χ1n) is 13.1. The minimum Gasteiger partial charge on any atom is -0.481 e. The minimum atomic E-state index is -0.694. The summed E-state index contributed by atoms with van der Waals surface area (Å²) in [6.07, 6.45) is 6.95. The number of hydrogen-bond acceptors (Lipinski definition) is 4. The molecule has 0 spiro atoms. The number of carbonyl (C=O) groups excluding carboxylic acids is 1. The van der Waals surface area contributed by atoms with Gasteiger partial charge in [0, 0.05) is 35.8 Å². The van der Waals surface area contributed by atoms with Crippen molar-refractivity contribution in [1.29, 1.82) is 0 Å². The number of benzene rings is 2. The number of nitrogens with one attached hydrogen (secondary N) is 1. The van der Waals surface area contributed by atoms with E-state index in [9.17, 15) is 14.7 Å². The van der Waals surface area contributed by atoms with Crippen LogP contribution in [0.25, 0.3) is 21.9 Å². The lowest BCUT2D eigenvalue weighted by molar-refractivity contribution is -0.143. The second kappa shape index (κ2) is 9.25. The van der Waals surface area contributed by atoms with Crippen LogP contribution in [-0.4, -0.2) is 44.9 Å². The van der Waals surface area contributed by atoms with E-state index in [1.54, 1.807) is 4.90 Å². The third-order valence-corrected chi connectivity index (χ3v) is 8.29. The first-order chi connectivity index (χ1) is 17.9. The predicted octanol–water partition coefficient (Wildman–Crippen LogP) is 5.83. The molecule has 1 fully saturated rings. The van der Waals surface area contributed by atoms with Gasteiger partial charge in [-0.3, -0.25) is 9.69 Å². The Bertz CT molecular complexity index is 1490. The highest BCUT2D eigenvalue weighted by Crippen LogP contribution is 2.40. The Morgan fingerprint density at radius 2 is 1.92 bits per heavy atom. The van der Waals surface area contributed by atoms with Crippen LogP contribution in [-0.2, 0) is 22.4 Å². The zero-order valence-electron chi connectivity index (χ0n) is 21.2. The number of carboxylic acids is 1. The van der Waals surface area contributed by atoms with Gasteiger partial charge in [-0.15, -0.1) is 0 Å². The molecule has 1 amide bonds. The van der Waals surface area contributed by atoms with Gasteiger partial charge >= 0.3 is 12.1 Å². The van der Waals surface area contributed by atoms with Gasteiger partial charge in [0.2, 0.25) is 0 Å². The summed E-state index contributed by atoms with van der Waals surface area (Å²) in [4.78, 5) is 34.4. The molecular formula is C29H32N4O4. The number of amides is 1. The summed E-state index contributed by atoms with van der Waals surface area (Å²) in [6, 6.07) is 12.9. The fourth-order valence-electron chi connectivity index (χ4n) is 6.33. The Labute approximate surface area is 215 Å². The number of aromatic nitrogens is 3.